The molecule has 0 aromatic carbocycles. The molecule has 2 N–H and O–H groups in total. The molecule has 0 amide bonds. The van der Waals surface area contributed by atoms with E-state index in [4.69, 9.17) is 5.73 Å². The van der Waals surface area contributed by atoms with Gasteiger partial charge in [0.05, 0.1) is 6.54 Å². The number of anilines is 1. The predicted molar refractivity (Wildman–Crippen MR) is 65.3 cm³/mol. The summed E-state index contributed by atoms with van der Waals surface area (Å²) in [5.74, 6) is -0.00810. The second-order valence-electron chi connectivity index (χ2n) is 4.23. The number of nitrogens with zero attached hydrogens (tertiary/aromatic N) is 4. The first-order valence-corrected chi connectivity index (χ1v) is 5.97. The van der Waals surface area contributed by atoms with Crippen LogP contribution >= 0.6 is 0 Å². The molecule has 0 fully saturated rings. The Hall–Kier alpha value is -1.97. The fourth-order valence-corrected chi connectivity index (χ4v) is 1.90. The van der Waals surface area contributed by atoms with Crippen LogP contribution in [0.2, 0.25) is 0 Å². The van der Waals surface area contributed by atoms with Gasteiger partial charge in [0.2, 0.25) is 0 Å². The van der Waals surface area contributed by atoms with Crippen molar-refractivity contribution < 1.29 is 22.0 Å². The van der Waals surface area contributed by atoms with E-state index in [2.05, 4.69) is 10.1 Å². The van der Waals surface area contributed by atoms with Gasteiger partial charge in [0.25, 0.3) is 6.43 Å². The van der Waals surface area contributed by atoms with E-state index in [-0.39, 0.29) is 24.4 Å². The molecule has 0 saturated heterocycles. The standard InChI is InChI=1S/C11H12F5N5/c12-9(13)6-20(3-1-17)10-7-5-8(11(14,15)16)19-21(7)4-2-18-10/h2,4-5,9H,1,3,6,17H2. The lowest BCUT2D eigenvalue weighted by atomic mass is 10.3. The van der Waals surface area contributed by atoms with E-state index < -0.39 is 24.8 Å². The maximum absolute atomic E-state index is 12.7. The number of hydrogen-bond donors (Lipinski definition) is 1. The minimum Gasteiger partial charge on any atom is -0.348 e. The van der Waals surface area contributed by atoms with Gasteiger partial charge in [0.1, 0.15) is 5.52 Å². The average molecular weight is 309 g/mol. The Balaban J connectivity index is 2.49. The minimum absolute atomic E-state index is 0.000995. The SMILES string of the molecule is NCCN(CC(F)F)c1nccn2nc(C(F)(F)F)cc12. The van der Waals surface area contributed by atoms with Gasteiger partial charge < -0.3 is 10.6 Å². The fraction of sp³-hybridized carbons (Fsp3) is 0.455. The molecule has 116 valence electrons. The molecule has 0 aliphatic heterocycles. The Kier molecular flexibility index (Phi) is 4.26. The monoisotopic (exact) mass is 309 g/mol. The van der Waals surface area contributed by atoms with Gasteiger partial charge in [0.15, 0.2) is 11.5 Å². The highest BCUT2D eigenvalue weighted by Crippen LogP contribution is 2.30. The molecule has 5 nitrogen and oxygen atoms in total. The summed E-state index contributed by atoms with van der Waals surface area (Å²) in [6.45, 7) is -0.560. The second kappa shape index (κ2) is 5.80. The molecule has 2 aromatic heterocycles. The molecule has 2 aromatic rings. The molecule has 0 aliphatic carbocycles. The van der Waals surface area contributed by atoms with Gasteiger partial charge in [-0.05, 0) is 0 Å². The third kappa shape index (κ3) is 3.38. The Morgan fingerprint density at radius 1 is 1.33 bits per heavy atom. The molecule has 10 heteroatoms. The quantitative estimate of drug-likeness (QED) is 0.855. The summed E-state index contributed by atoms with van der Waals surface area (Å²) in [4.78, 5) is 5.02. The first kappa shape index (κ1) is 15.4. The number of hydrogen-bond acceptors (Lipinski definition) is 4. The highest BCUT2D eigenvalue weighted by atomic mass is 19.4. The number of alkyl halides is 5. The number of aromatic nitrogens is 3. The minimum atomic E-state index is -4.62. The molecule has 2 heterocycles. The molecule has 0 atom stereocenters. The summed E-state index contributed by atoms with van der Waals surface area (Å²) in [6, 6.07) is 0.775. The lowest BCUT2D eigenvalue weighted by molar-refractivity contribution is -0.141. The van der Waals surface area contributed by atoms with Crippen LogP contribution in [0.5, 0.6) is 0 Å². The molecule has 0 unspecified atom stereocenters. The molecular weight excluding hydrogens is 297 g/mol. The topological polar surface area (TPSA) is 59.5 Å². The molecular formula is C11H12F5N5. The van der Waals surface area contributed by atoms with Gasteiger partial charge in [-0.1, -0.05) is 0 Å². The number of fused-ring (bicyclic) bond motifs is 1. The summed E-state index contributed by atoms with van der Waals surface area (Å²) in [5.41, 5.74) is 4.23. The first-order valence-electron chi connectivity index (χ1n) is 5.97. The smallest absolute Gasteiger partial charge is 0.348 e. The summed E-state index contributed by atoms with van der Waals surface area (Å²) < 4.78 is 64.1. The molecule has 0 aliphatic rings. The van der Waals surface area contributed by atoms with Crippen molar-refractivity contribution in [1.29, 1.82) is 0 Å². The van der Waals surface area contributed by atoms with Crippen molar-refractivity contribution in [3.05, 3.63) is 24.2 Å². The van der Waals surface area contributed by atoms with Crippen LogP contribution in [0.4, 0.5) is 27.8 Å². The summed E-state index contributed by atoms with van der Waals surface area (Å²) >= 11 is 0. The third-order valence-electron chi connectivity index (χ3n) is 2.72. The number of halogens is 5. The Bertz CT molecular complexity index is 609. The molecule has 0 spiro atoms. The van der Waals surface area contributed by atoms with Gasteiger partial charge in [0, 0.05) is 31.5 Å². The lowest BCUT2D eigenvalue weighted by Crippen LogP contribution is -2.34. The van der Waals surface area contributed by atoms with Crippen molar-refractivity contribution in [1.82, 2.24) is 14.6 Å². The van der Waals surface area contributed by atoms with Crippen LogP contribution in [0.3, 0.4) is 0 Å². The van der Waals surface area contributed by atoms with Crippen molar-refractivity contribution in [2.45, 2.75) is 12.6 Å². The average Bonchev–Trinajstić information content (AvgIpc) is 2.81. The Morgan fingerprint density at radius 2 is 2.05 bits per heavy atom. The van der Waals surface area contributed by atoms with E-state index in [1.165, 1.54) is 12.4 Å². The Morgan fingerprint density at radius 3 is 2.62 bits per heavy atom. The number of nitrogens with two attached hydrogens (primary N) is 1. The largest absolute Gasteiger partial charge is 0.435 e. The molecule has 0 radical (unpaired) electrons. The summed E-state index contributed by atoms with van der Waals surface area (Å²) in [7, 11) is 0. The van der Waals surface area contributed by atoms with Gasteiger partial charge in [-0.2, -0.15) is 18.3 Å². The zero-order chi connectivity index (χ0) is 15.6. The van der Waals surface area contributed by atoms with Crippen molar-refractivity contribution in [3.8, 4) is 0 Å². The maximum atomic E-state index is 12.7. The molecule has 0 bridgehead atoms. The van der Waals surface area contributed by atoms with Crippen molar-refractivity contribution >= 4 is 11.3 Å². The van der Waals surface area contributed by atoms with Crippen LogP contribution in [0.25, 0.3) is 5.52 Å². The van der Waals surface area contributed by atoms with Gasteiger partial charge in [-0.15, -0.1) is 0 Å². The van der Waals surface area contributed by atoms with E-state index >= 15 is 0 Å². The van der Waals surface area contributed by atoms with Crippen LogP contribution in [0.15, 0.2) is 18.5 Å². The van der Waals surface area contributed by atoms with Crippen molar-refractivity contribution in [3.63, 3.8) is 0 Å². The fourth-order valence-electron chi connectivity index (χ4n) is 1.90. The Labute approximate surface area is 116 Å². The van der Waals surface area contributed by atoms with Gasteiger partial charge in [-0.25, -0.2) is 18.3 Å². The molecule has 2 rings (SSSR count). The highest BCUT2D eigenvalue weighted by molar-refractivity contribution is 5.69. The summed E-state index contributed by atoms with van der Waals surface area (Å²) in [5, 5.41) is 3.37. The third-order valence-corrected chi connectivity index (χ3v) is 2.72. The van der Waals surface area contributed by atoms with Crippen LogP contribution < -0.4 is 10.6 Å². The maximum Gasteiger partial charge on any atom is 0.435 e. The second-order valence-corrected chi connectivity index (χ2v) is 4.23. The highest BCUT2D eigenvalue weighted by Gasteiger charge is 2.34. The zero-order valence-electron chi connectivity index (χ0n) is 10.7. The molecule has 21 heavy (non-hydrogen) atoms. The van der Waals surface area contributed by atoms with Crippen LogP contribution in [-0.4, -0.2) is 40.7 Å². The van der Waals surface area contributed by atoms with Crippen LogP contribution in [0, 0.1) is 0 Å². The van der Waals surface area contributed by atoms with E-state index in [9.17, 15) is 22.0 Å². The first-order chi connectivity index (χ1) is 9.82. The van der Waals surface area contributed by atoms with Crippen LogP contribution in [0.1, 0.15) is 5.69 Å². The predicted octanol–water partition coefficient (Wildman–Crippen LogP) is 1.78. The van der Waals surface area contributed by atoms with Crippen LogP contribution in [-0.2, 0) is 6.18 Å². The van der Waals surface area contributed by atoms with Crippen molar-refractivity contribution in [2.75, 3.05) is 24.5 Å². The van der Waals surface area contributed by atoms with E-state index in [0.29, 0.717) is 0 Å². The van der Waals surface area contributed by atoms with Crippen molar-refractivity contribution in [2.24, 2.45) is 5.73 Å². The lowest BCUT2D eigenvalue weighted by Gasteiger charge is -2.22. The molecule has 0 saturated carbocycles. The zero-order valence-corrected chi connectivity index (χ0v) is 10.7. The van der Waals surface area contributed by atoms with E-state index in [0.717, 1.165) is 15.5 Å². The van der Waals surface area contributed by atoms with Gasteiger partial charge in [-0.3, -0.25) is 0 Å². The van der Waals surface area contributed by atoms with E-state index in [1.807, 2.05) is 0 Å². The number of rotatable bonds is 5. The summed E-state index contributed by atoms with van der Waals surface area (Å²) in [6.07, 6.45) is -4.87. The van der Waals surface area contributed by atoms with E-state index in [1.54, 1.807) is 0 Å². The van der Waals surface area contributed by atoms with Gasteiger partial charge >= 0.3 is 6.18 Å². The normalized spacial score (nSPS) is 12.3.